The van der Waals surface area contributed by atoms with Crippen LogP contribution < -0.4 is 5.73 Å². The number of unbranched alkanes of at least 4 members (excludes halogenated alkanes) is 2. The fourth-order valence-corrected chi connectivity index (χ4v) is 2.35. The first kappa shape index (κ1) is 18.9. The van der Waals surface area contributed by atoms with E-state index in [-0.39, 0.29) is 11.5 Å². The van der Waals surface area contributed by atoms with Crippen LogP contribution in [0.4, 0.5) is 4.39 Å². The number of carboxylic acids is 1. The highest BCUT2D eigenvalue weighted by molar-refractivity contribution is 5.92. The van der Waals surface area contributed by atoms with Crippen LogP contribution in [-0.4, -0.2) is 17.0 Å². The molecule has 0 aliphatic heterocycles. The van der Waals surface area contributed by atoms with Gasteiger partial charge < -0.3 is 10.8 Å². The van der Waals surface area contributed by atoms with E-state index >= 15 is 0 Å². The molecule has 0 aromatic heterocycles. The maximum absolute atomic E-state index is 13.7. The van der Waals surface area contributed by atoms with E-state index in [0.29, 0.717) is 24.8 Å². The van der Waals surface area contributed by atoms with Crippen molar-refractivity contribution in [2.24, 2.45) is 11.7 Å². The highest BCUT2D eigenvalue weighted by atomic mass is 19.1. The van der Waals surface area contributed by atoms with Crippen LogP contribution in [0.5, 0.6) is 0 Å². The number of nitrogens with two attached hydrogens (primary N) is 1. The highest BCUT2D eigenvalue weighted by Crippen LogP contribution is 2.15. The molecule has 1 unspecified atom stereocenters. The third kappa shape index (κ3) is 6.63. The minimum absolute atomic E-state index is 0.166. The maximum atomic E-state index is 13.7. The molecule has 0 saturated heterocycles. The summed E-state index contributed by atoms with van der Waals surface area (Å²) in [6, 6.07) is 4.24. The zero-order valence-corrected chi connectivity index (χ0v) is 13.4. The van der Waals surface area contributed by atoms with Gasteiger partial charge in [0.1, 0.15) is 5.82 Å². The summed E-state index contributed by atoms with van der Waals surface area (Å²) in [6.45, 7) is 1.89. The first-order chi connectivity index (χ1) is 11.0. The van der Waals surface area contributed by atoms with E-state index in [1.807, 2.05) is 19.1 Å². The first-order valence-corrected chi connectivity index (χ1v) is 7.91. The van der Waals surface area contributed by atoms with Gasteiger partial charge in [0.15, 0.2) is 0 Å². The van der Waals surface area contributed by atoms with E-state index in [9.17, 15) is 14.0 Å². The predicted molar refractivity (Wildman–Crippen MR) is 87.6 cm³/mol. The normalized spacial score (nSPS) is 12.4. The Balaban J connectivity index is 2.32. The average Bonchev–Trinajstić information content (AvgIpc) is 2.50. The van der Waals surface area contributed by atoms with Gasteiger partial charge in [-0.05, 0) is 49.8 Å². The second kappa shape index (κ2) is 9.77. The second-order valence-corrected chi connectivity index (χ2v) is 5.57. The van der Waals surface area contributed by atoms with Gasteiger partial charge in [0.05, 0.1) is 5.92 Å². The van der Waals surface area contributed by atoms with Gasteiger partial charge in [0.2, 0.25) is 5.91 Å². The number of rotatable bonds is 10. The molecule has 23 heavy (non-hydrogen) atoms. The Morgan fingerprint density at radius 1 is 1.30 bits per heavy atom. The lowest BCUT2D eigenvalue weighted by atomic mass is 9.99. The van der Waals surface area contributed by atoms with Gasteiger partial charge in [-0.3, -0.25) is 9.59 Å². The molecule has 1 atom stereocenters. The highest BCUT2D eigenvalue weighted by Gasteiger charge is 2.13. The van der Waals surface area contributed by atoms with Crippen LogP contribution in [0.1, 0.15) is 54.9 Å². The van der Waals surface area contributed by atoms with Gasteiger partial charge in [-0.25, -0.2) is 4.39 Å². The van der Waals surface area contributed by atoms with Crippen molar-refractivity contribution in [3.05, 3.63) is 47.3 Å². The van der Waals surface area contributed by atoms with Crippen molar-refractivity contribution in [2.75, 3.05) is 0 Å². The standard InChI is InChI=1S/C18H24FNO3/c1-2-13(18(22)23)8-6-4-3-5-7-9-14-10-11-15(17(20)21)12-16(14)19/h5,7,10-13H,2-4,6,8-9H2,1H3,(H2,20,21)(H,22,23). The molecule has 0 fully saturated rings. The van der Waals surface area contributed by atoms with Crippen LogP contribution in [0.15, 0.2) is 30.4 Å². The fourth-order valence-electron chi connectivity index (χ4n) is 2.35. The first-order valence-electron chi connectivity index (χ1n) is 7.91. The summed E-state index contributed by atoms with van der Waals surface area (Å²) in [5.41, 5.74) is 5.78. The molecule has 5 heteroatoms. The third-order valence-electron chi connectivity index (χ3n) is 3.86. The van der Waals surface area contributed by atoms with Crippen LogP contribution in [0.25, 0.3) is 0 Å². The number of hydrogen-bond donors (Lipinski definition) is 2. The van der Waals surface area contributed by atoms with Crippen molar-refractivity contribution in [1.82, 2.24) is 0 Å². The molecule has 1 aromatic carbocycles. The molecule has 1 rings (SSSR count). The molecule has 0 spiro atoms. The molecule has 1 aromatic rings. The van der Waals surface area contributed by atoms with Gasteiger partial charge in [-0.2, -0.15) is 0 Å². The molecule has 0 radical (unpaired) electrons. The van der Waals surface area contributed by atoms with Crippen LogP contribution in [0.3, 0.4) is 0 Å². The van der Waals surface area contributed by atoms with Crippen LogP contribution in [-0.2, 0) is 11.2 Å². The summed E-state index contributed by atoms with van der Waals surface area (Å²) in [6.07, 6.45) is 8.31. The van der Waals surface area contributed by atoms with Crippen molar-refractivity contribution >= 4 is 11.9 Å². The molecule has 4 nitrogen and oxygen atoms in total. The van der Waals surface area contributed by atoms with Gasteiger partial charge in [-0.15, -0.1) is 0 Å². The van der Waals surface area contributed by atoms with E-state index in [1.54, 1.807) is 6.07 Å². The minimum Gasteiger partial charge on any atom is -0.481 e. The summed E-state index contributed by atoms with van der Waals surface area (Å²) < 4.78 is 13.7. The molecule has 3 N–H and O–H groups in total. The van der Waals surface area contributed by atoms with Crippen molar-refractivity contribution in [3.8, 4) is 0 Å². The minimum atomic E-state index is -0.724. The Kier molecular flexibility index (Phi) is 8.02. The number of carbonyl (C=O) groups excluding carboxylic acids is 1. The van der Waals surface area contributed by atoms with E-state index < -0.39 is 17.7 Å². The average molecular weight is 321 g/mol. The molecule has 0 aliphatic rings. The van der Waals surface area contributed by atoms with Crippen molar-refractivity contribution in [1.29, 1.82) is 0 Å². The third-order valence-corrected chi connectivity index (χ3v) is 3.86. The zero-order chi connectivity index (χ0) is 17.2. The Bertz CT molecular complexity index is 569. The molecular weight excluding hydrogens is 297 g/mol. The lowest BCUT2D eigenvalue weighted by molar-refractivity contribution is -0.142. The molecule has 0 bridgehead atoms. The Morgan fingerprint density at radius 3 is 2.61 bits per heavy atom. The second-order valence-electron chi connectivity index (χ2n) is 5.57. The number of benzene rings is 1. The number of amides is 1. The van der Waals surface area contributed by atoms with E-state index in [2.05, 4.69) is 0 Å². The lowest BCUT2D eigenvalue weighted by Gasteiger charge is -2.08. The monoisotopic (exact) mass is 321 g/mol. The topological polar surface area (TPSA) is 80.4 Å². The number of halogens is 1. The predicted octanol–water partition coefficient (Wildman–Crippen LogP) is 3.69. The number of primary amides is 1. The summed E-state index contributed by atoms with van der Waals surface area (Å²) in [7, 11) is 0. The zero-order valence-electron chi connectivity index (χ0n) is 13.4. The quantitative estimate of drug-likeness (QED) is 0.509. The molecule has 1 amide bonds. The van der Waals surface area contributed by atoms with Gasteiger partial charge in [0.25, 0.3) is 0 Å². The van der Waals surface area contributed by atoms with Crippen LogP contribution in [0, 0.1) is 11.7 Å². The molecular formula is C18H24FNO3. The Morgan fingerprint density at radius 2 is 2.04 bits per heavy atom. The van der Waals surface area contributed by atoms with E-state index in [4.69, 9.17) is 10.8 Å². The van der Waals surface area contributed by atoms with E-state index in [0.717, 1.165) is 25.3 Å². The Labute approximate surface area is 136 Å². The number of carboxylic acid groups (broad SMARTS) is 1. The van der Waals surface area contributed by atoms with E-state index in [1.165, 1.54) is 6.07 Å². The summed E-state index contributed by atoms with van der Waals surface area (Å²) in [4.78, 5) is 21.8. The SMILES string of the molecule is CCC(CCCCC=CCc1ccc(C(N)=O)cc1F)C(=O)O. The van der Waals surface area contributed by atoms with Crippen molar-refractivity contribution < 1.29 is 19.1 Å². The maximum Gasteiger partial charge on any atom is 0.306 e. The molecule has 126 valence electrons. The summed E-state index contributed by atoms with van der Waals surface area (Å²) >= 11 is 0. The van der Waals surface area contributed by atoms with Gasteiger partial charge >= 0.3 is 5.97 Å². The number of carbonyl (C=O) groups is 2. The van der Waals surface area contributed by atoms with Crippen molar-refractivity contribution in [2.45, 2.75) is 45.4 Å². The summed E-state index contributed by atoms with van der Waals surface area (Å²) in [5, 5.41) is 8.94. The fraction of sp³-hybridized carbons (Fsp3) is 0.444. The smallest absolute Gasteiger partial charge is 0.306 e. The number of aliphatic carboxylic acids is 1. The Hall–Kier alpha value is -2.17. The van der Waals surface area contributed by atoms with Gasteiger partial charge in [-0.1, -0.05) is 31.6 Å². The molecule has 0 heterocycles. The summed E-state index contributed by atoms with van der Waals surface area (Å²) in [5.74, 6) is -2.05. The number of allylic oxidation sites excluding steroid dienone is 2. The number of hydrogen-bond acceptors (Lipinski definition) is 2. The molecule has 0 saturated carbocycles. The van der Waals surface area contributed by atoms with Crippen LogP contribution >= 0.6 is 0 Å². The largest absolute Gasteiger partial charge is 0.481 e. The lowest BCUT2D eigenvalue weighted by Crippen LogP contribution is -2.12. The van der Waals surface area contributed by atoms with Crippen molar-refractivity contribution in [3.63, 3.8) is 0 Å². The van der Waals surface area contributed by atoms with Gasteiger partial charge in [0, 0.05) is 5.56 Å². The van der Waals surface area contributed by atoms with Crippen LogP contribution in [0.2, 0.25) is 0 Å². The molecule has 0 aliphatic carbocycles.